The molecule has 0 aromatic heterocycles. The third kappa shape index (κ3) is 2.27. The van der Waals surface area contributed by atoms with Gasteiger partial charge in [0.15, 0.2) is 0 Å². The molecule has 1 aliphatic heterocycles. The van der Waals surface area contributed by atoms with Crippen molar-refractivity contribution < 1.29 is 14.3 Å². The summed E-state index contributed by atoms with van der Waals surface area (Å²) in [5.74, 6) is -0.748. The average Bonchev–Trinajstić information content (AvgIpc) is 2.67. The molecule has 1 unspecified atom stereocenters. The lowest BCUT2D eigenvalue weighted by atomic mass is 10.1. The van der Waals surface area contributed by atoms with Crippen molar-refractivity contribution in [2.75, 3.05) is 0 Å². The molecule has 0 saturated heterocycles. The van der Waals surface area contributed by atoms with E-state index in [2.05, 4.69) is 5.32 Å². The molecule has 1 atom stereocenters. The van der Waals surface area contributed by atoms with Gasteiger partial charge in [0.2, 0.25) is 0 Å². The molecule has 1 aliphatic rings. The lowest BCUT2D eigenvalue weighted by Crippen LogP contribution is -2.26. The Hall–Kier alpha value is -2.10. The molecule has 0 bridgehead atoms. The zero-order valence-corrected chi connectivity index (χ0v) is 10.4. The maximum absolute atomic E-state index is 11.9. The SMILES string of the molecule is CCC1OC(=O)C(NC(=O)c2ccccc2)=C1C. The molecule has 0 fully saturated rings. The maximum atomic E-state index is 11.9. The molecule has 4 nitrogen and oxygen atoms in total. The van der Waals surface area contributed by atoms with Crippen molar-refractivity contribution >= 4 is 11.9 Å². The predicted molar refractivity (Wildman–Crippen MR) is 66.8 cm³/mol. The summed E-state index contributed by atoms with van der Waals surface area (Å²) in [5, 5.41) is 2.63. The molecule has 0 aliphatic carbocycles. The topological polar surface area (TPSA) is 55.4 Å². The molecule has 0 saturated carbocycles. The number of hydrogen-bond acceptors (Lipinski definition) is 3. The molecule has 4 heteroatoms. The second-order valence-electron chi connectivity index (χ2n) is 4.18. The Kier molecular flexibility index (Phi) is 3.46. The minimum Gasteiger partial charge on any atom is -0.453 e. The fourth-order valence-corrected chi connectivity index (χ4v) is 1.91. The summed E-state index contributed by atoms with van der Waals surface area (Å²) >= 11 is 0. The predicted octanol–water partition coefficient (Wildman–Crippen LogP) is 2.03. The van der Waals surface area contributed by atoms with Crippen LogP contribution < -0.4 is 5.32 Å². The van der Waals surface area contributed by atoms with Crippen molar-refractivity contribution in [2.24, 2.45) is 0 Å². The Bertz CT molecular complexity index is 505. The van der Waals surface area contributed by atoms with E-state index in [9.17, 15) is 9.59 Å². The first kappa shape index (κ1) is 12.4. The van der Waals surface area contributed by atoms with Gasteiger partial charge in [-0.25, -0.2) is 4.79 Å². The number of benzene rings is 1. The Morgan fingerprint density at radius 1 is 1.33 bits per heavy atom. The number of nitrogens with one attached hydrogen (secondary N) is 1. The third-order valence-electron chi connectivity index (χ3n) is 2.98. The quantitative estimate of drug-likeness (QED) is 0.829. The standard InChI is InChI=1S/C14H15NO3/c1-3-11-9(2)12(14(17)18-11)15-13(16)10-7-5-4-6-8-10/h4-8,11H,3H2,1-2H3,(H,15,16). The lowest BCUT2D eigenvalue weighted by molar-refractivity contribution is -0.140. The fourth-order valence-electron chi connectivity index (χ4n) is 1.91. The minimum absolute atomic E-state index is 0.219. The van der Waals surface area contributed by atoms with Crippen LogP contribution in [-0.4, -0.2) is 18.0 Å². The van der Waals surface area contributed by atoms with Crippen LogP contribution in [0.4, 0.5) is 0 Å². The van der Waals surface area contributed by atoms with Crippen LogP contribution in [0.15, 0.2) is 41.6 Å². The highest BCUT2D eigenvalue weighted by molar-refractivity contribution is 6.02. The van der Waals surface area contributed by atoms with Crippen LogP contribution in [0.1, 0.15) is 30.6 Å². The van der Waals surface area contributed by atoms with Gasteiger partial charge in [-0.3, -0.25) is 4.79 Å². The van der Waals surface area contributed by atoms with Crippen LogP contribution in [0.25, 0.3) is 0 Å². The number of carbonyl (C=O) groups excluding carboxylic acids is 2. The van der Waals surface area contributed by atoms with E-state index in [1.165, 1.54) is 0 Å². The van der Waals surface area contributed by atoms with Gasteiger partial charge < -0.3 is 10.1 Å². The zero-order valence-electron chi connectivity index (χ0n) is 10.4. The summed E-state index contributed by atoms with van der Waals surface area (Å²) in [6.45, 7) is 3.74. The molecule has 1 amide bonds. The molecule has 0 radical (unpaired) electrons. The Labute approximate surface area is 106 Å². The van der Waals surface area contributed by atoms with Crippen LogP contribution in [0.5, 0.6) is 0 Å². The van der Waals surface area contributed by atoms with Crippen molar-refractivity contribution in [1.29, 1.82) is 0 Å². The van der Waals surface area contributed by atoms with Crippen molar-refractivity contribution in [3.8, 4) is 0 Å². The van der Waals surface area contributed by atoms with E-state index in [1.54, 1.807) is 31.2 Å². The van der Waals surface area contributed by atoms with E-state index in [1.807, 2.05) is 13.0 Å². The van der Waals surface area contributed by atoms with Crippen LogP contribution in [-0.2, 0) is 9.53 Å². The van der Waals surface area contributed by atoms with Gasteiger partial charge in [0.1, 0.15) is 11.8 Å². The first-order valence-electron chi connectivity index (χ1n) is 5.91. The van der Waals surface area contributed by atoms with Crippen LogP contribution in [0.3, 0.4) is 0 Å². The smallest absolute Gasteiger partial charge is 0.355 e. The van der Waals surface area contributed by atoms with Crippen LogP contribution in [0, 0.1) is 0 Å². The van der Waals surface area contributed by atoms with Gasteiger partial charge in [-0.15, -0.1) is 0 Å². The summed E-state index contributed by atoms with van der Waals surface area (Å²) in [5.41, 5.74) is 1.58. The molecule has 1 N–H and O–H groups in total. The normalized spacial score (nSPS) is 18.8. The molecule has 1 aromatic rings. The highest BCUT2D eigenvalue weighted by Crippen LogP contribution is 2.22. The van der Waals surface area contributed by atoms with Gasteiger partial charge in [-0.1, -0.05) is 25.1 Å². The van der Waals surface area contributed by atoms with Crippen molar-refractivity contribution in [1.82, 2.24) is 5.32 Å². The number of cyclic esters (lactones) is 1. The fraction of sp³-hybridized carbons (Fsp3) is 0.286. The molecule has 1 heterocycles. The van der Waals surface area contributed by atoms with Crippen LogP contribution in [0.2, 0.25) is 0 Å². The van der Waals surface area contributed by atoms with E-state index in [4.69, 9.17) is 4.74 Å². The molecular formula is C14H15NO3. The zero-order chi connectivity index (χ0) is 13.1. The highest BCUT2D eigenvalue weighted by Gasteiger charge is 2.31. The number of amides is 1. The van der Waals surface area contributed by atoms with E-state index in [0.29, 0.717) is 12.0 Å². The first-order chi connectivity index (χ1) is 8.63. The number of ether oxygens (including phenoxy) is 1. The molecule has 2 rings (SSSR count). The highest BCUT2D eigenvalue weighted by atomic mass is 16.5. The summed E-state index contributed by atoms with van der Waals surface area (Å²) in [6, 6.07) is 8.78. The molecule has 94 valence electrons. The molecule has 18 heavy (non-hydrogen) atoms. The van der Waals surface area contributed by atoms with E-state index in [-0.39, 0.29) is 17.7 Å². The average molecular weight is 245 g/mol. The van der Waals surface area contributed by atoms with Crippen molar-refractivity contribution in [2.45, 2.75) is 26.4 Å². The Morgan fingerprint density at radius 3 is 2.56 bits per heavy atom. The number of hydrogen-bond donors (Lipinski definition) is 1. The minimum atomic E-state index is -0.455. The van der Waals surface area contributed by atoms with Gasteiger partial charge in [0.25, 0.3) is 5.91 Å². The largest absolute Gasteiger partial charge is 0.453 e. The third-order valence-corrected chi connectivity index (χ3v) is 2.98. The van der Waals surface area contributed by atoms with E-state index >= 15 is 0 Å². The monoisotopic (exact) mass is 245 g/mol. The number of rotatable bonds is 3. The number of esters is 1. The van der Waals surface area contributed by atoms with Crippen molar-refractivity contribution in [3.05, 3.63) is 47.2 Å². The summed E-state index contributed by atoms with van der Waals surface area (Å²) in [7, 11) is 0. The summed E-state index contributed by atoms with van der Waals surface area (Å²) < 4.78 is 5.14. The van der Waals surface area contributed by atoms with Gasteiger partial charge in [0, 0.05) is 5.56 Å². The van der Waals surface area contributed by atoms with Gasteiger partial charge in [-0.2, -0.15) is 0 Å². The molecule has 1 aromatic carbocycles. The second kappa shape index (κ2) is 5.04. The van der Waals surface area contributed by atoms with Gasteiger partial charge in [-0.05, 0) is 31.1 Å². The summed E-state index contributed by atoms with van der Waals surface area (Å²) in [4.78, 5) is 23.6. The van der Waals surface area contributed by atoms with E-state index < -0.39 is 5.97 Å². The van der Waals surface area contributed by atoms with Gasteiger partial charge >= 0.3 is 5.97 Å². The molecular weight excluding hydrogens is 230 g/mol. The first-order valence-corrected chi connectivity index (χ1v) is 5.91. The Morgan fingerprint density at radius 2 is 2.00 bits per heavy atom. The Balaban J connectivity index is 2.17. The number of carbonyl (C=O) groups is 2. The van der Waals surface area contributed by atoms with E-state index in [0.717, 1.165) is 5.57 Å². The van der Waals surface area contributed by atoms with Crippen LogP contribution >= 0.6 is 0 Å². The van der Waals surface area contributed by atoms with Crippen molar-refractivity contribution in [3.63, 3.8) is 0 Å². The lowest BCUT2D eigenvalue weighted by Gasteiger charge is -2.06. The maximum Gasteiger partial charge on any atom is 0.355 e. The molecule has 0 spiro atoms. The summed E-state index contributed by atoms with van der Waals surface area (Å²) in [6.07, 6.45) is 0.492. The van der Waals surface area contributed by atoms with Gasteiger partial charge in [0.05, 0.1) is 0 Å². The second-order valence-corrected chi connectivity index (χ2v) is 4.18.